The molecule has 4 rings (SSSR count). The fraction of sp³-hybridized carbons (Fsp3) is 0. The van der Waals surface area contributed by atoms with Gasteiger partial charge in [0.15, 0.2) is 0 Å². The molecule has 0 fully saturated rings. The molecule has 1 heterocycles. The van der Waals surface area contributed by atoms with E-state index in [2.05, 4.69) is 0 Å². The molecule has 1 aromatic heterocycles. The largest absolute Gasteiger partial charge is 0.300 e. The van der Waals surface area contributed by atoms with Crippen LogP contribution < -0.4 is 0 Å². The molecule has 1 atom stereocenters. The topological polar surface area (TPSA) is 67.3 Å². The highest BCUT2D eigenvalue weighted by molar-refractivity contribution is 7.95. The highest BCUT2D eigenvalue weighted by atomic mass is 32.2. The van der Waals surface area contributed by atoms with Gasteiger partial charge in [0.1, 0.15) is 0 Å². The second-order valence-corrected chi connectivity index (χ2v) is 6.47. The molecule has 0 aliphatic rings. The van der Waals surface area contributed by atoms with Crippen LogP contribution in [0.5, 0.6) is 0 Å². The molecule has 0 saturated heterocycles. The summed E-state index contributed by atoms with van der Waals surface area (Å²) >= 11 is -2.57. The number of rotatable bonds is 2. The Labute approximate surface area is 146 Å². The van der Waals surface area contributed by atoms with Crippen molar-refractivity contribution in [2.45, 2.75) is 0 Å². The van der Waals surface area contributed by atoms with Crippen LogP contribution in [0.15, 0.2) is 72.8 Å². The molecule has 3 aromatic carbocycles. The lowest BCUT2D eigenvalue weighted by atomic mass is 9.97. The van der Waals surface area contributed by atoms with E-state index in [1.807, 2.05) is 48.5 Å². The van der Waals surface area contributed by atoms with Crippen molar-refractivity contribution in [1.82, 2.24) is 4.98 Å². The second kappa shape index (κ2) is 6.20. The van der Waals surface area contributed by atoms with Crippen molar-refractivity contribution in [3.8, 4) is 11.3 Å². The molecular formula is C20H13NO3S. The van der Waals surface area contributed by atoms with E-state index in [0.29, 0.717) is 11.3 Å². The van der Waals surface area contributed by atoms with Crippen LogP contribution in [-0.4, -0.2) is 18.9 Å². The molecule has 5 heteroatoms. The molecule has 0 aliphatic carbocycles. The predicted octanol–water partition coefficient (Wildman–Crippen LogP) is 4.42. The highest BCUT2D eigenvalue weighted by Crippen LogP contribution is 2.34. The maximum Gasteiger partial charge on any atom is 0.277 e. The molecule has 25 heavy (non-hydrogen) atoms. The Balaban J connectivity index is 2.11. The Hall–Kier alpha value is -2.89. The van der Waals surface area contributed by atoms with Crippen molar-refractivity contribution in [2.24, 2.45) is 0 Å². The van der Waals surface area contributed by atoms with Gasteiger partial charge in [-0.05, 0) is 17.5 Å². The highest BCUT2D eigenvalue weighted by Gasteiger charge is 2.20. The monoisotopic (exact) mass is 347 g/mol. The van der Waals surface area contributed by atoms with Gasteiger partial charge < -0.3 is 0 Å². The first-order valence-electron chi connectivity index (χ1n) is 7.69. The number of para-hydroxylation sites is 1. The summed E-state index contributed by atoms with van der Waals surface area (Å²) in [5, 5.41) is 2.12. The Kier molecular flexibility index (Phi) is 3.87. The summed E-state index contributed by atoms with van der Waals surface area (Å²) in [6.45, 7) is 0. The van der Waals surface area contributed by atoms with Gasteiger partial charge >= 0.3 is 0 Å². The number of pyridine rings is 1. The number of hydrogen-bond acceptors (Lipinski definition) is 3. The van der Waals surface area contributed by atoms with Crippen LogP contribution in [0.25, 0.3) is 32.9 Å². The Bertz CT molecular complexity index is 1150. The van der Waals surface area contributed by atoms with Gasteiger partial charge in [-0.1, -0.05) is 60.7 Å². The quantitative estimate of drug-likeness (QED) is 0.431. The van der Waals surface area contributed by atoms with E-state index < -0.39 is 16.2 Å². The average molecular weight is 347 g/mol. The molecule has 0 radical (unpaired) electrons. The fourth-order valence-electron chi connectivity index (χ4n) is 3.07. The smallest absolute Gasteiger partial charge is 0.277 e. The van der Waals surface area contributed by atoms with Crippen LogP contribution in [-0.2, 0) is 11.1 Å². The zero-order valence-corrected chi connectivity index (χ0v) is 13.9. The van der Waals surface area contributed by atoms with E-state index in [0.717, 1.165) is 21.7 Å². The molecule has 0 aliphatic heterocycles. The molecule has 1 N–H and O–H groups in total. The molecular weight excluding hydrogens is 334 g/mol. The lowest BCUT2D eigenvalue weighted by Gasteiger charge is -2.12. The summed E-state index contributed by atoms with van der Waals surface area (Å²) in [5.74, 6) is 0. The van der Waals surface area contributed by atoms with E-state index in [-0.39, 0.29) is 5.56 Å². The predicted molar refractivity (Wildman–Crippen MR) is 99.8 cm³/mol. The van der Waals surface area contributed by atoms with Gasteiger partial charge in [0, 0.05) is 21.9 Å². The summed E-state index contributed by atoms with van der Waals surface area (Å²) in [6.07, 6.45) is 0. The van der Waals surface area contributed by atoms with Gasteiger partial charge in [0.05, 0.1) is 11.2 Å². The van der Waals surface area contributed by atoms with Crippen molar-refractivity contribution < 1.29 is 13.6 Å². The summed E-state index contributed by atoms with van der Waals surface area (Å²) in [6, 6.07) is 22.4. The lowest BCUT2D eigenvalue weighted by molar-refractivity contribution is 0.107. The Morgan fingerprint density at radius 2 is 1.40 bits per heavy atom. The molecule has 0 bridgehead atoms. The summed E-state index contributed by atoms with van der Waals surface area (Å²) < 4.78 is 20.5. The van der Waals surface area contributed by atoms with Crippen molar-refractivity contribution in [2.75, 3.05) is 0 Å². The minimum absolute atomic E-state index is 0.191. The first-order chi connectivity index (χ1) is 12.2. The minimum atomic E-state index is -2.57. The van der Waals surface area contributed by atoms with Crippen LogP contribution in [0, 0.1) is 0 Å². The van der Waals surface area contributed by atoms with E-state index in [9.17, 15) is 13.6 Å². The van der Waals surface area contributed by atoms with Gasteiger partial charge in [-0.2, -0.15) is 0 Å². The number of aromatic nitrogens is 1. The van der Waals surface area contributed by atoms with Crippen molar-refractivity contribution in [3.05, 3.63) is 78.4 Å². The fourth-order valence-corrected chi connectivity index (χ4v) is 3.44. The first-order valence-corrected chi connectivity index (χ1v) is 8.79. The van der Waals surface area contributed by atoms with Crippen molar-refractivity contribution >= 4 is 37.9 Å². The molecule has 4 aromatic rings. The van der Waals surface area contributed by atoms with Crippen LogP contribution in [0.3, 0.4) is 0 Å². The standard InChI is InChI=1S/C20H13NO3S/c22-20(25(23)24)17-11-4-3-10-16(17)19-15-9-2-1-7-13(15)14-8-5-6-12-18(14)21-19/h1-12H,(H,23,24). The van der Waals surface area contributed by atoms with E-state index in [1.54, 1.807) is 24.3 Å². The lowest BCUT2D eigenvalue weighted by Crippen LogP contribution is -2.08. The van der Waals surface area contributed by atoms with E-state index in [4.69, 9.17) is 4.98 Å². The SMILES string of the molecule is O=C(c1ccccc1-c1nc2ccccc2c2ccccc12)S(=O)O. The van der Waals surface area contributed by atoms with Crippen LogP contribution in [0.4, 0.5) is 0 Å². The normalized spacial score (nSPS) is 12.4. The third-order valence-corrected chi connectivity index (χ3v) is 4.71. The summed E-state index contributed by atoms with van der Waals surface area (Å²) in [4.78, 5) is 16.9. The van der Waals surface area contributed by atoms with Crippen molar-refractivity contribution in [3.63, 3.8) is 0 Å². The number of nitrogens with zero attached hydrogens (tertiary/aromatic N) is 1. The molecule has 0 saturated carbocycles. The van der Waals surface area contributed by atoms with Gasteiger partial charge in [-0.15, -0.1) is 0 Å². The Morgan fingerprint density at radius 3 is 2.16 bits per heavy atom. The Morgan fingerprint density at radius 1 is 0.800 bits per heavy atom. The third kappa shape index (κ3) is 2.63. The minimum Gasteiger partial charge on any atom is -0.300 e. The van der Waals surface area contributed by atoms with Gasteiger partial charge in [0.25, 0.3) is 5.12 Å². The number of carbonyl (C=O) groups is 1. The second-order valence-electron chi connectivity index (χ2n) is 5.61. The van der Waals surface area contributed by atoms with Crippen molar-refractivity contribution in [1.29, 1.82) is 0 Å². The first kappa shape index (κ1) is 15.6. The maximum absolute atomic E-state index is 12.2. The molecule has 4 nitrogen and oxygen atoms in total. The van der Waals surface area contributed by atoms with Crippen LogP contribution in [0.2, 0.25) is 0 Å². The number of benzene rings is 3. The van der Waals surface area contributed by atoms with E-state index >= 15 is 0 Å². The number of hydrogen-bond donors (Lipinski definition) is 1. The third-order valence-electron chi connectivity index (χ3n) is 4.17. The molecule has 0 spiro atoms. The number of carbonyl (C=O) groups excluding carboxylic acids is 1. The zero-order valence-electron chi connectivity index (χ0n) is 13.0. The van der Waals surface area contributed by atoms with E-state index in [1.165, 1.54) is 0 Å². The molecule has 0 amide bonds. The maximum atomic E-state index is 12.2. The van der Waals surface area contributed by atoms with Gasteiger partial charge in [-0.25, -0.2) is 9.19 Å². The molecule has 122 valence electrons. The average Bonchev–Trinajstić information content (AvgIpc) is 2.66. The van der Waals surface area contributed by atoms with Gasteiger partial charge in [-0.3, -0.25) is 9.35 Å². The van der Waals surface area contributed by atoms with Crippen LogP contribution in [0.1, 0.15) is 10.4 Å². The summed E-state index contributed by atoms with van der Waals surface area (Å²) in [7, 11) is 0. The zero-order chi connectivity index (χ0) is 17.4. The van der Waals surface area contributed by atoms with Gasteiger partial charge in [0.2, 0.25) is 11.1 Å². The summed E-state index contributed by atoms with van der Waals surface area (Å²) in [5.41, 5.74) is 2.18. The number of fused-ring (bicyclic) bond motifs is 3. The molecule has 1 unspecified atom stereocenters. The van der Waals surface area contributed by atoms with Crippen LogP contribution >= 0.6 is 0 Å².